The van der Waals surface area contributed by atoms with Crippen molar-refractivity contribution in [3.05, 3.63) is 71.4 Å². The molecule has 1 aliphatic heterocycles. The van der Waals surface area contributed by atoms with Gasteiger partial charge in [0.1, 0.15) is 18.2 Å². The minimum absolute atomic E-state index is 0.0221. The molecule has 3 heterocycles. The van der Waals surface area contributed by atoms with Gasteiger partial charge in [0.25, 0.3) is 0 Å². The van der Waals surface area contributed by atoms with E-state index in [0.717, 1.165) is 22.3 Å². The van der Waals surface area contributed by atoms with E-state index in [-0.39, 0.29) is 30.4 Å². The summed E-state index contributed by atoms with van der Waals surface area (Å²) < 4.78 is 25.5. The molecule has 0 saturated heterocycles. The maximum Gasteiger partial charge on any atom is 0.223 e. The smallest absolute Gasteiger partial charge is 0.223 e. The number of ether oxygens (including phenoxy) is 2. The second-order valence-corrected chi connectivity index (χ2v) is 8.93. The van der Waals surface area contributed by atoms with Crippen LogP contribution in [0.25, 0.3) is 11.1 Å². The Labute approximate surface area is 192 Å². The van der Waals surface area contributed by atoms with E-state index in [9.17, 15) is 4.39 Å². The van der Waals surface area contributed by atoms with Gasteiger partial charge in [0.15, 0.2) is 0 Å². The lowest BCUT2D eigenvalue weighted by Crippen LogP contribution is -2.22. The van der Waals surface area contributed by atoms with Crippen LogP contribution in [-0.2, 0) is 4.74 Å². The Morgan fingerprint density at radius 2 is 1.97 bits per heavy atom. The number of pyridine rings is 2. The van der Waals surface area contributed by atoms with Gasteiger partial charge >= 0.3 is 0 Å². The Kier molecular flexibility index (Phi) is 6.12. The average Bonchev–Trinajstić information content (AvgIpc) is 2.76. The first-order chi connectivity index (χ1) is 15.7. The molecule has 0 saturated carbocycles. The lowest BCUT2D eigenvalue weighted by atomic mass is 9.87. The molecule has 1 atom stereocenters. The largest absolute Gasteiger partial charge is 0.438 e. The summed E-state index contributed by atoms with van der Waals surface area (Å²) in [5.74, 6) is 6.79. The van der Waals surface area contributed by atoms with Crippen molar-refractivity contribution in [2.45, 2.75) is 26.7 Å². The third-order valence-electron chi connectivity index (χ3n) is 5.03. The monoisotopic (exact) mass is 444 g/mol. The minimum Gasteiger partial charge on any atom is -0.438 e. The first kappa shape index (κ1) is 22.4. The van der Waals surface area contributed by atoms with Crippen LogP contribution in [0, 0.1) is 28.6 Å². The quantitative estimate of drug-likeness (QED) is 0.253. The highest BCUT2D eigenvalue weighted by Gasteiger charge is 2.29. The van der Waals surface area contributed by atoms with Crippen molar-refractivity contribution in [1.29, 1.82) is 5.41 Å². The normalized spacial score (nSPS) is 14.4. The molecule has 0 aliphatic carbocycles. The Morgan fingerprint density at radius 3 is 2.70 bits per heavy atom. The highest BCUT2D eigenvalue weighted by Crippen LogP contribution is 2.44. The number of hydrogen-bond donors (Lipinski definition) is 2. The maximum absolute atomic E-state index is 13.7. The zero-order valence-electron chi connectivity index (χ0n) is 18.8. The molecule has 7 heteroatoms. The van der Waals surface area contributed by atoms with E-state index in [4.69, 9.17) is 20.6 Å². The Hall–Kier alpha value is -3.76. The van der Waals surface area contributed by atoms with Gasteiger partial charge in [-0.15, -0.1) is 0 Å². The summed E-state index contributed by atoms with van der Waals surface area (Å²) >= 11 is 0. The summed E-state index contributed by atoms with van der Waals surface area (Å²) in [4.78, 5) is 8.12. The number of fused-ring (bicyclic) bond motifs is 2. The lowest BCUT2D eigenvalue weighted by molar-refractivity contribution is 0.159. The number of nitrogens with zero attached hydrogens (tertiary/aromatic N) is 2. The van der Waals surface area contributed by atoms with Gasteiger partial charge in [-0.25, -0.2) is 9.97 Å². The summed E-state index contributed by atoms with van der Waals surface area (Å²) in [5.41, 5.74) is 9.34. The summed E-state index contributed by atoms with van der Waals surface area (Å²) in [5, 5.41) is 7.47. The predicted molar refractivity (Wildman–Crippen MR) is 125 cm³/mol. The Bertz CT molecular complexity index is 1270. The van der Waals surface area contributed by atoms with Gasteiger partial charge in [0, 0.05) is 52.0 Å². The molecule has 33 heavy (non-hydrogen) atoms. The highest BCUT2D eigenvalue weighted by molar-refractivity contribution is 5.78. The summed E-state index contributed by atoms with van der Waals surface area (Å²) in [6.07, 6.45) is 3.07. The van der Waals surface area contributed by atoms with Crippen molar-refractivity contribution < 1.29 is 13.9 Å². The van der Waals surface area contributed by atoms with Gasteiger partial charge in [-0.1, -0.05) is 11.8 Å². The number of aromatic nitrogens is 2. The molecule has 2 aromatic heterocycles. The van der Waals surface area contributed by atoms with Gasteiger partial charge in [-0.3, -0.25) is 5.41 Å². The van der Waals surface area contributed by atoms with E-state index in [1.807, 2.05) is 24.3 Å². The van der Waals surface area contributed by atoms with Gasteiger partial charge < -0.3 is 15.2 Å². The van der Waals surface area contributed by atoms with Crippen LogP contribution in [0.5, 0.6) is 11.6 Å². The molecule has 3 N–H and O–H groups in total. The van der Waals surface area contributed by atoms with Crippen molar-refractivity contribution >= 4 is 5.84 Å². The van der Waals surface area contributed by atoms with Crippen LogP contribution in [0.1, 0.15) is 43.4 Å². The lowest BCUT2D eigenvalue weighted by Gasteiger charge is -2.28. The zero-order valence-corrected chi connectivity index (χ0v) is 18.8. The third kappa shape index (κ3) is 5.36. The van der Waals surface area contributed by atoms with Crippen molar-refractivity contribution in [3.8, 4) is 34.6 Å². The molecule has 1 unspecified atom stereocenters. The third-order valence-corrected chi connectivity index (χ3v) is 5.03. The number of amidine groups is 1. The number of nitrogens with one attached hydrogen (secondary N) is 1. The molecule has 168 valence electrons. The molecule has 4 rings (SSSR count). The topological polar surface area (TPSA) is 94.1 Å². The molecule has 1 aromatic carbocycles. The standard InChI is InChI=1S/C26H25FN4O2/c1-26(2,3)8-6-16-4-5-22-19(10-16)21(14-32-15-24(28)29)20-11-18(13-31-25(20)33-22)17-7-9-30-23(27)12-17/h4-5,7,9-13,21H,14-15H2,1-3H3,(H3,28,29). The number of nitrogens with two attached hydrogens (primary N) is 1. The molecule has 0 amide bonds. The highest BCUT2D eigenvalue weighted by atomic mass is 19.1. The van der Waals surface area contributed by atoms with Crippen LogP contribution in [0.3, 0.4) is 0 Å². The molecule has 6 nitrogen and oxygen atoms in total. The fourth-order valence-electron chi connectivity index (χ4n) is 3.53. The molecule has 1 aliphatic rings. The summed E-state index contributed by atoms with van der Waals surface area (Å²) in [6.45, 7) is 6.48. The fourth-order valence-corrected chi connectivity index (χ4v) is 3.53. The van der Waals surface area contributed by atoms with Crippen LogP contribution >= 0.6 is 0 Å². The zero-order chi connectivity index (χ0) is 23.6. The molecule has 0 radical (unpaired) electrons. The van der Waals surface area contributed by atoms with Crippen molar-refractivity contribution in [2.24, 2.45) is 11.1 Å². The van der Waals surface area contributed by atoms with Crippen molar-refractivity contribution in [2.75, 3.05) is 13.2 Å². The van der Waals surface area contributed by atoms with Crippen LogP contribution in [0.4, 0.5) is 4.39 Å². The summed E-state index contributed by atoms with van der Waals surface area (Å²) in [6, 6.07) is 10.8. The van der Waals surface area contributed by atoms with Crippen LogP contribution in [0.2, 0.25) is 0 Å². The first-order valence-corrected chi connectivity index (χ1v) is 10.6. The second kappa shape index (κ2) is 9.00. The van der Waals surface area contributed by atoms with E-state index in [0.29, 0.717) is 17.2 Å². The van der Waals surface area contributed by atoms with Gasteiger partial charge in [0.2, 0.25) is 11.8 Å². The van der Waals surface area contributed by atoms with Crippen LogP contribution in [-0.4, -0.2) is 29.0 Å². The SMILES string of the molecule is CC(C)(C)C#Cc1ccc2c(c1)C(COCC(=N)N)c1cc(-c3ccnc(F)c3)cnc1O2. The predicted octanol–water partition coefficient (Wildman–Crippen LogP) is 4.87. The van der Waals surface area contributed by atoms with Crippen molar-refractivity contribution in [1.82, 2.24) is 9.97 Å². The Morgan fingerprint density at radius 1 is 1.15 bits per heavy atom. The van der Waals surface area contributed by atoms with E-state index in [1.165, 1.54) is 12.3 Å². The van der Waals surface area contributed by atoms with Gasteiger partial charge in [0.05, 0.1) is 6.61 Å². The average molecular weight is 445 g/mol. The molecule has 3 aromatic rings. The van der Waals surface area contributed by atoms with E-state index >= 15 is 0 Å². The van der Waals surface area contributed by atoms with Crippen molar-refractivity contribution in [3.63, 3.8) is 0 Å². The first-order valence-electron chi connectivity index (χ1n) is 10.6. The Balaban J connectivity index is 1.77. The van der Waals surface area contributed by atoms with E-state index in [2.05, 4.69) is 42.6 Å². The van der Waals surface area contributed by atoms with Crippen LogP contribution < -0.4 is 10.5 Å². The molecule has 0 spiro atoms. The number of halogens is 1. The number of hydrogen-bond acceptors (Lipinski definition) is 5. The molecule has 0 fully saturated rings. The summed E-state index contributed by atoms with van der Waals surface area (Å²) in [7, 11) is 0. The molecular formula is C26H25FN4O2. The van der Waals surface area contributed by atoms with Crippen LogP contribution in [0.15, 0.2) is 48.8 Å². The number of benzene rings is 1. The maximum atomic E-state index is 13.7. The number of rotatable bonds is 5. The molecular weight excluding hydrogens is 419 g/mol. The molecule has 0 bridgehead atoms. The van der Waals surface area contributed by atoms with E-state index < -0.39 is 5.95 Å². The van der Waals surface area contributed by atoms with Gasteiger partial charge in [-0.05, 0) is 56.7 Å². The fraction of sp³-hybridized carbons (Fsp3) is 0.269. The van der Waals surface area contributed by atoms with Gasteiger partial charge in [-0.2, -0.15) is 4.39 Å². The van der Waals surface area contributed by atoms with E-state index in [1.54, 1.807) is 12.3 Å². The second-order valence-electron chi connectivity index (χ2n) is 8.93. The minimum atomic E-state index is -0.560.